The molecule has 0 atom stereocenters. The maximum absolute atomic E-state index is 6.25. The molecule has 86 valence electrons. The normalized spacial score (nSPS) is 11.2. The Hall–Kier alpha value is -1.81. The molecule has 17 heavy (non-hydrogen) atoms. The summed E-state index contributed by atoms with van der Waals surface area (Å²) in [5, 5.41) is 5.54. The molecule has 3 aromatic rings. The molecule has 0 radical (unpaired) electrons. The number of nitrogens with zero attached hydrogens (tertiary/aromatic N) is 2. The van der Waals surface area contributed by atoms with Crippen LogP contribution in [0.2, 0.25) is 5.02 Å². The largest absolute Gasteiger partial charge is 0.361 e. The minimum atomic E-state index is 0.603. The number of H-pyrrole nitrogens is 1. The molecule has 0 aliphatic heterocycles. The van der Waals surface area contributed by atoms with Crippen molar-refractivity contribution in [1.29, 1.82) is 0 Å². The molecule has 0 unspecified atom stereocenters. The Morgan fingerprint density at radius 3 is 2.82 bits per heavy atom. The molecule has 0 bridgehead atoms. The Morgan fingerprint density at radius 2 is 2.12 bits per heavy atom. The zero-order valence-electron chi connectivity index (χ0n) is 9.41. The quantitative estimate of drug-likeness (QED) is 0.716. The number of hydrogen-bond donors (Lipinski definition) is 1. The van der Waals surface area contributed by atoms with Crippen LogP contribution in [0.4, 0.5) is 0 Å². The number of hydrogen-bond acceptors (Lipinski definition) is 3. The van der Waals surface area contributed by atoms with Gasteiger partial charge in [0.1, 0.15) is 11.4 Å². The molecule has 0 aliphatic rings. The minimum Gasteiger partial charge on any atom is -0.361 e. The molecule has 0 amide bonds. The maximum atomic E-state index is 6.25. The van der Waals surface area contributed by atoms with Crippen LogP contribution in [0.15, 0.2) is 23.0 Å². The highest BCUT2D eigenvalue weighted by molar-refractivity contribution is 6.34. The summed E-state index contributed by atoms with van der Waals surface area (Å²) in [5.74, 6) is 0.762. The Morgan fingerprint density at radius 1 is 1.29 bits per heavy atom. The molecule has 3 heterocycles. The van der Waals surface area contributed by atoms with Gasteiger partial charge < -0.3 is 9.51 Å². The van der Waals surface area contributed by atoms with Gasteiger partial charge in [0.2, 0.25) is 0 Å². The SMILES string of the molecule is Cc1noc(C)c1-c1c(Cl)cnc2[nH]ccc12. The van der Waals surface area contributed by atoms with Crippen molar-refractivity contribution in [2.45, 2.75) is 13.8 Å². The summed E-state index contributed by atoms with van der Waals surface area (Å²) in [6.45, 7) is 3.78. The maximum Gasteiger partial charge on any atom is 0.141 e. The Balaban J connectivity index is 2.44. The fourth-order valence-corrected chi connectivity index (χ4v) is 2.32. The molecule has 0 spiro atoms. The lowest BCUT2D eigenvalue weighted by atomic mass is 10.0. The van der Waals surface area contributed by atoms with Crippen molar-refractivity contribution in [1.82, 2.24) is 15.1 Å². The first-order valence-corrected chi connectivity index (χ1v) is 5.61. The predicted molar refractivity (Wildman–Crippen MR) is 66.1 cm³/mol. The Labute approximate surface area is 103 Å². The number of pyridine rings is 1. The third kappa shape index (κ3) is 1.45. The fraction of sp³-hybridized carbons (Fsp3) is 0.167. The van der Waals surface area contributed by atoms with Crippen LogP contribution >= 0.6 is 11.6 Å². The van der Waals surface area contributed by atoms with Crippen molar-refractivity contribution >= 4 is 22.6 Å². The molecule has 0 saturated carbocycles. The molecule has 3 rings (SSSR count). The predicted octanol–water partition coefficient (Wildman–Crippen LogP) is 3.49. The van der Waals surface area contributed by atoms with Crippen LogP contribution in [0.1, 0.15) is 11.5 Å². The molecule has 1 N–H and O–H groups in total. The van der Waals surface area contributed by atoms with E-state index in [0.717, 1.165) is 33.6 Å². The average Bonchev–Trinajstić information content (AvgIpc) is 2.88. The first kappa shape index (κ1) is 10.4. The van der Waals surface area contributed by atoms with Crippen molar-refractivity contribution in [2.75, 3.05) is 0 Å². The topological polar surface area (TPSA) is 54.7 Å². The van der Waals surface area contributed by atoms with E-state index in [0.29, 0.717) is 5.02 Å². The van der Waals surface area contributed by atoms with Crippen molar-refractivity contribution in [2.24, 2.45) is 0 Å². The smallest absolute Gasteiger partial charge is 0.141 e. The number of fused-ring (bicyclic) bond motifs is 1. The van der Waals surface area contributed by atoms with Crippen molar-refractivity contribution in [3.63, 3.8) is 0 Å². The van der Waals surface area contributed by atoms with Gasteiger partial charge in [-0.15, -0.1) is 0 Å². The zero-order valence-corrected chi connectivity index (χ0v) is 10.2. The molecule has 5 heteroatoms. The second-order valence-corrected chi connectivity index (χ2v) is 4.33. The molecular formula is C12H10ClN3O. The molecular weight excluding hydrogens is 238 g/mol. The number of aromatic nitrogens is 3. The van der Waals surface area contributed by atoms with Crippen LogP contribution in [0.3, 0.4) is 0 Å². The van der Waals surface area contributed by atoms with E-state index in [1.807, 2.05) is 26.1 Å². The van der Waals surface area contributed by atoms with Gasteiger partial charge in [0.15, 0.2) is 0 Å². The lowest BCUT2D eigenvalue weighted by Crippen LogP contribution is -1.87. The van der Waals surface area contributed by atoms with Gasteiger partial charge in [0, 0.05) is 28.9 Å². The van der Waals surface area contributed by atoms with Crippen molar-refractivity contribution in [3.8, 4) is 11.1 Å². The molecule has 4 nitrogen and oxygen atoms in total. The average molecular weight is 248 g/mol. The number of rotatable bonds is 1. The van der Waals surface area contributed by atoms with Gasteiger partial charge in [0.05, 0.1) is 10.7 Å². The summed E-state index contributed by atoms with van der Waals surface area (Å²) in [5.41, 5.74) is 3.51. The van der Waals surface area contributed by atoms with Crippen LogP contribution in [-0.2, 0) is 0 Å². The summed E-state index contributed by atoms with van der Waals surface area (Å²) in [6, 6.07) is 1.95. The number of halogens is 1. The number of nitrogens with one attached hydrogen (secondary N) is 1. The summed E-state index contributed by atoms with van der Waals surface area (Å²) in [4.78, 5) is 7.30. The fourth-order valence-electron chi connectivity index (χ4n) is 2.08. The summed E-state index contributed by atoms with van der Waals surface area (Å²) >= 11 is 6.25. The van der Waals surface area contributed by atoms with Gasteiger partial charge in [-0.1, -0.05) is 16.8 Å². The third-order valence-corrected chi connectivity index (χ3v) is 3.11. The van der Waals surface area contributed by atoms with Gasteiger partial charge in [-0.3, -0.25) is 0 Å². The zero-order chi connectivity index (χ0) is 12.0. The van der Waals surface area contributed by atoms with Crippen LogP contribution in [0, 0.1) is 13.8 Å². The monoisotopic (exact) mass is 247 g/mol. The van der Waals surface area contributed by atoms with E-state index in [-0.39, 0.29) is 0 Å². The lowest BCUT2D eigenvalue weighted by molar-refractivity contribution is 0.393. The van der Waals surface area contributed by atoms with Crippen molar-refractivity contribution in [3.05, 3.63) is 34.9 Å². The van der Waals surface area contributed by atoms with Gasteiger partial charge in [0.25, 0.3) is 0 Å². The second-order valence-electron chi connectivity index (χ2n) is 3.92. The molecule has 3 aromatic heterocycles. The Kier molecular flexibility index (Phi) is 2.19. The Bertz CT molecular complexity index is 679. The van der Waals surface area contributed by atoms with E-state index < -0.39 is 0 Å². The lowest BCUT2D eigenvalue weighted by Gasteiger charge is -2.04. The number of aromatic amines is 1. The highest BCUT2D eigenvalue weighted by Crippen LogP contribution is 2.37. The van der Waals surface area contributed by atoms with Gasteiger partial charge >= 0.3 is 0 Å². The van der Waals surface area contributed by atoms with Crippen LogP contribution < -0.4 is 0 Å². The molecule has 0 aliphatic carbocycles. The van der Waals surface area contributed by atoms with Crippen LogP contribution in [0.25, 0.3) is 22.2 Å². The summed E-state index contributed by atoms with van der Waals surface area (Å²) in [7, 11) is 0. The van der Waals surface area contributed by atoms with Crippen LogP contribution in [0.5, 0.6) is 0 Å². The summed E-state index contributed by atoms with van der Waals surface area (Å²) in [6.07, 6.45) is 3.48. The highest BCUT2D eigenvalue weighted by atomic mass is 35.5. The first-order valence-electron chi connectivity index (χ1n) is 5.23. The molecule has 0 saturated heterocycles. The van der Waals surface area contributed by atoms with Gasteiger partial charge in [-0.25, -0.2) is 4.98 Å². The van der Waals surface area contributed by atoms with Gasteiger partial charge in [-0.05, 0) is 19.9 Å². The van der Waals surface area contributed by atoms with E-state index >= 15 is 0 Å². The first-order chi connectivity index (χ1) is 8.18. The van der Waals surface area contributed by atoms with E-state index in [2.05, 4.69) is 15.1 Å². The van der Waals surface area contributed by atoms with E-state index in [1.54, 1.807) is 6.20 Å². The minimum absolute atomic E-state index is 0.603. The van der Waals surface area contributed by atoms with E-state index in [1.165, 1.54) is 0 Å². The van der Waals surface area contributed by atoms with Crippen LogP contribution in [-0.4, -0.2) is 15.1 Å². The number of aryl methyl sites for hydroxylation is 2. The molecule has 0 fully saturated rings. The van der Waals surface area contributed by atoms with Gasteiger partial charge in [-0.2, -0.15) is 0 Å². The van der Waals surface area contributed by atoms with E-state index in [9.17, 15) is 0 Å². The molecule has 0 aromatic carbocycles. The summed E-state index contributed by atoms with van der Waals surface area (Å²) < 4.78 is 5.19. The van der Waals surface area contributed by atoms with Crippen molar-refractivity contribution < 1.29 is 4.52 Å². The standard InChI is InChI=1S/C12H10ClN3O/c1-6-10(7(2)17-16-6)11-8-3-4-14-12(8)15-5-9(11)13/h3-5H,1-2H3,(H,14,15). The van der Waals surface area contributed by atoms with E-state index in [4.69, 9.17) is 16.1 Å². The highest BCUT2D eigenvalue weighted by Gasteiger charge is 2.18. The third-order valence-electron chi connectivity index (χ3n) is 2.82. The second kappa shape index (κ2) is 3.60.